The molecule has 0 aliphatic carbocycles. The molecular formula is C13H22O7. The van der Waals surface area contributed by atoms with E-state index in [0.717, 1.165) is 0 Å². The highest BCUT2D eigenvalue weighted by Crippen LogP contribution is 2.08. The predicted molar refractivity (Wildman–Crippen MR) is 69.4 cm³/mol. The van der Waals surface area contributed by atoms with E-state index in [1.807, 2.05) is 0 Å². The van der Waals surface area contributed by atoms with Crippen molar-refractivity contribution in [1.29, 1.82) is 0 Å². The van der Waals surface area contributed by atoms with Crippen LogP contribution in [0.3, 0.4) is 0 Å². The van der Waals surface area contributed by atoms with Crippen LogP contribution in [0.15, 0.2) is 11.6 Å². The number of epoxide rings is 1. The maximum Gasteiger partial charge on any atom is 0.330 e. The second-order valence-electron chi connectivity index (χ2n) is 4.77. The lowest BCUT2D eigenvalue weighted by atomic mass is 10.2. The van der Waals surface area contributed by atoms with Crippen molar-refractivity contribution in [2.24, 2.45) is 0 Å². The summed E-state index contributed by atoms with van der Waals surface area (Å²) < 4.78 is 15.3. The summed E-state index contributed by atoms with van der Waals surface area (Å²) >= 11 is 0. The van der Waals surface area contributed by atoms with Crippen LogP contribution in [-0.2, 0) is 19.0 Å². The fourth-order valence-corrected chi connectivity index (χ4v) is 1.36. The lowest BCUT2D eigenvalue weighted by Crippen LogP contribution is -2.25. The molecule has 116 valence electrons. The molecule has 1 aliphatic heterocycles. The lowest BCUT2D eigenvalue weighted by Gasteiger charge is -2.13. The van der Waals surface area contributed by atoms with Crippen LogP contribution in [0, 0.1) is 0 Å². The summed E-state index contributed by atoms with van der Waals surface area (Å²) in [5.41, 5.74) is 0.180. The van der Waals surface area contributed by atoms with Crippen molar-refractivity contribution in [1.82, 2.24) is 0 Å². The van der Waals surface area contributed by atoms with E-state index in [1.165, 1.54) is 13.0 Å². The molecule has 3 atom stereocenters. The zero-order chi connectivity index (χ0) is 15.0. The maximum absolute atomic E-state index is 10.5. The normalized spacial score (nSPS) is 21.6. The molecule has 0 spiro atoms. The molecule has 1 saturated heterocycles. The van der Waals surface area contributed by atoms with Crippen LogP contribution in [0.2, 0.25) is 0 Å². The number of carbonyl (C=O) groups is 1. The van der Waals surface area contributed by atoms with Crippen LogP contribution < -0.4 is 0 Å². The third-order valence-electron chi connectivity index (χ3n) is 2.67. The topological polar surface area (TPSA) is 109 Å². The van der Waals surface area contributed by atoms with Gasteiger partial charge in [0.2, 0.25) is 0 Å². The van der Waals surface area contributed by atoms with Gasteiger partial charge in [0.25, 0.3) is 0 Å². The van der Waals surface area contributed by atoms with Gasteiger partial charge in [-0.15, -0.1) is 0 Å². The number of rotatable bonds is 11. The zero-order valence-corrected chi connectivity index (χ0v) is 11.5. The van der Waals surface area contributed by atoms with Gasteiger partial charge in [0.1, 0.15) is 12.2 Å². The fourth-order valence-electron chi connectivity index (χ4n) is 1.36. The first-order valence-electron chi connectivity index (χ1n) is 6.52. The number of carboxylic acid groups (broad SMARTS) is 1. The third kappa shape index (κ3) is 8.23. The SMILES string of the molecule is CC(=CCC(O)COCC(O)COCC1CO1)C(=O)O. The fraction of sp³-hybridized carbons (Fsp3) is 0.769. The van der Waals surface area contributed by atoms with Crippen LogP contribution >= 0.6 is 0 Å². The van der Waals surface area contributed by atoms with E-state index < -0.39 is 18.2 Å². The van der Waals surface area contributed by atoms with Gasteiger partial charge >= 0.3 is 5.97 Å². The minimum atomic E-state index is -1.01. The van der Waals surface area contributed by atoms with Gasteiger partial charge in [0, 0.05) is 5.57 Å². The standard InChI is InChI=1S/C13H22O7/c1-9(13(16)17)2-3-10(14)4-18-5-11(15)6-19-7-12-8-20-12/h2,10-12,14-15H,3-8H2,1H3,(H,16,17). The van der Waals surface area contributed by atoms with E-state index in [2.05, 4.69) is 0 Å². The molecule has 1 fully saturated rings. The van der Waals surface area contributed by atoms with Crippen molar-refractivity contribution < 1.29 is 34.3 Å². The second kappa shape index (κ2) is 9.04. The Morgan fingerprint density at radius 3 is 2.50 bits per heavy atom. The van der Waals surface area contributed by atoms with Crippen molar-refractivity contribution in [2.45, 2.75) is 31.7 Å². The summed E-state index contributed by atoms with van der Waals surface area (Å²) in [4.78, 5) is 10.5. The minimum absolute atomic E-state index is 0.0339. The number of carboxylic acids is 1. The number of aliphatic hydroxyl groups excluding tert-OH is 2. The van der Waals surface area contributed by atoms with E-state index in [-0.39, 0.29) is 37.9 Å². The molecule has 20 heavy (non-hydrogen) atoms. The van der Waals surface area contributed by atoms with Gasteiger partial charge in [0.05, 0.1) is 39.1 Å². The first kappa shape index (κ1) is 17.1. The van der Waals surface area contributed by atoms with Gasteiger partial charge in [-0.05, 0) is 13.3 Å². The second-order valence-corrected chi connectivity index (χ2v) is 4.77. The number of hydrogen-bond acceptors (Lipinski definition) is 6. The van der Waals surface area contributed by atoms with E-state index in [9.17, 15) is 15.0 Å². The highest BCUT2D eigenvalue weighted by atomic mass is 16.6. The van der Waals surface area contributed by atoms with E-state index in [1.54, 1.807) is 0 Å². The Labute approximate surface area is 117 Å². The largest absolute Gasteiger partial charge is 0.478 e. The van der Waals surface area contributed by atoms with Crippen LogP contribution in [0.1, 0.15) is 13.3 Å². The number of aliphatic carboxylic acids is 1. The Hall–Kier alpha value is -0.990. The van der Waals surface area contributed by atoms with Crippen molar-refractivity contribution in [2.75, 3.05) is 33.0 Å². The molecule has 0 radical (unpaired) electrons. The van der Waals surface area contributed by atoms with Crippen LogP contribution in [-0.4, -0.2) is 72.6 Å². The molecule has 1 rings (SSSR count). The number of ether oxygens (including phenoxy) is 3. The van der Waals surface area contributed by atoms with E-state index in [4.69, 9.17) is 19.3 Å². The van der Waals surface area contributed by atoms with Crippen molar-refractivity contribution in [3.05, 3.63) is 11.6 Å². The average molecular weight is 290 g/mol. The van der Waals surface area contributed by atoms with Gasteiger partial charge in [-0.3, -0.25) is 0 Å². The molecule has 3 unspecified atom stereocenters. The zero-order valence-electron chi connectivity index (χ0n) is 11.5. The molecule has 0 aromatic heterocycles. The minimum Gasteiger partial charge on any atom is -0.478 e. The van der Waals surface area contributed by atoms with Crippen molar-refractivity contribution in [3.8, 4) is 0 Å². The summed E-state index contributed by atoms with van der Waals surface area (Å²) in [6.45, 7) is 2.89. The van der Waals surface area contributed by atoms with Gasteiger partial charge in [-0.1, -0.05) is 6.08 Å². The summed E-state index contributed by atoms with van der Waals surface area (Å²) in [5, 5.41) is 27.7. The van der Waals surface area contributed by atoms with E-state index >= 15 is 0 Å². The van der Waals surface area contributed by atoms with Crippen molar-refractivity contribution in [3.63, 3.8) is 0 Å². The molecule has 0 saturated carbocycles. The molecule has 1 heterocycles. The van der Waals surface area contributed by atoms with Crippen LogP contribution in [0.4, 0.5) is 0 Å². The van der Waals surface area contributed by atoms with E-state index in [0.29, 0.717) is 13.2 Å². The molecule has 7 nitrogen and oxygen atoms in total. The number of hydrogen-bond donors (Lipinski definition) is 3. The van der Waals surface area contributed by atoms with Crippen LogP contribution in [0.25, 0.3) is 0 Å². The number of aliphatic hydroxyl groups is 2. The first-order chi connectivity index (χ1) is 9.49. The molecule has 0 aromatic rings. The molecule has 0 bridgehead atoms. The Kier molecular flexibility index (Phi) is 7.71. The predicted octanol–water partition coefficient (Wildman–Crippen LogP) is -0.439. The van der Waals surface area contributed by atoms with Crippen molar-refractivity contribution >= 4 is 5.97 Å². The Morgan fingerprint density at radius 2 is 1.90 bits per heavy atom. The maximum atomic E-state index is 10.5. The highest BCUT2D eigenvalue weighted by Gasteiger charge is 2.22. The summed E-state index contributed by atoms with van der Waals surface area (Å²) in [7, 11) is 0. The summed E-state index contributed by atoms with van der Waals surface area (Å²) in [6, 6.07) is 0. The Balaban J connectivity index is 2.00. The Morgan fingerprint density at radius 1 is 1.30 bits per heavy atom. The van der Waals surface area contributed by atoms with Gasteiger partial charge in [0.15, 0.2) is 0 Å². The summed E-state index contributed by atoms with van der Waals surface area (Å²) in [5.74, 6) is -1.01. The molecule has 0 amide bonds. The monoisotopic (exact) mass is 290 g/mol. The van der Waals surface area contributed by atoms with Gasteiger partial charge in [-0.2, -0.15) is 0 Å². The Bertz CT molecular complexity index is 325. The van der Waals surface area contributed by atoms with Gasteiger partial charge in [-0.25, -0.2) is 4.79 Å². The van der Waals surface area contributed by atoms with Crippen LogP contribution in [0.5, 0.6) is 0 Å². The lowest BCUT2D eigenvalue weighted by molar-refractivity contribution is -0.132. The highest BCUT2D eigenvalue weighted by molar-refractivity contribution is 5.85. The third-order valence-corrected chi connectivity index (χ3v) is 2.67. The molecule has 7 heteroatoms. The molecule has 0 aromatic carbocycles. The average Bonchev–Trinajstić information content (AvgIpc) is 3.19. The van der Waals surface area contributed by atoms with Gasteiger partial charge < -0.3 is 29.5 Å². The summed E-state index contributed by atoms with van der Waals surface area (Å²) in [6.07, 6.45) is 0.249. The molecule has 1 aliphatic rings. The smallest absolute Gasteiger partial charge is 0.330 e. The first-order valence-corrected chi connectivity index (χ1v) is 6.52. The molecule has 3 N–H and O–H groups in total. The quantitative estimate of drug-likeness (QED) is 0.349. The molecular weight excluding hydrogens is 268 g/mol.